The molecule has 0 N–H and O–H groups in total. The van der Waals surface area contributed by atoms with Crippen LogP contribution in [-0.4, -0.2) is 82.1 Å². The number of fused-ring (bicyclic) bond motifs is 2. The van der Waals surface area contributed by atoms with E-state index in [1.807, 2.05) is 41.6 Å². The standard InChI is InChI=1S/C40H41N7O4S/c1-26-30-7-5-6-27(31(30)9-12-47(26)39(48)29(21-41)20-38-43-11-17-52-38)23-45-13-15-46(16-14-45)25-35-36(50-3)18-28(19-37(35)51-4)34-24-44(2)40(49)33-22-42-10-8-32(33)34/h5-8,10-11,17-20,22,24,26H,9,12-16,23,25H2,1-4H3/b29-20+/t26-/m1/s1. The average Bonchev–Trinajstić information content (AvgIpc) is 3.69. The molecule has 0 unspecified atom stereocenters. The molecule has 3 aromatic heterocycles. The third-order valence-corrected chi connectivity index (χ3v) is 11.0. The maximum atomic E-state index is 13.4. The molecule has 0 aliphatic carbocycles. The Bertz CT molecular complexity index is 2230. The number of aryl methyl sites for hydroxylation is 1. The van der Waals surface area contributed by atoms with Gasteiger partial charge in [-0.15, -0.1) is 11.3 Å². The van der Waals surface area contributed by atoms with Crippen molar-refractivity contribution in [2.75, 3.05) is 46.9 Å². The number of nitriles is 1. The van der Waals surface area contributed by atoms with Gasteiger partial charge in [-0.25, -0.2) is 4.98 Å². The Morgan fingerprint density at radius 2 is 1.75 bits per heavy atom. The first-order valence-electron chi connectivity index (χ1n) is 17.4. The molecule has 1 amide bonds. The van der Waals surface area contributed by atoms with Crippen molar-refractivity contribution in [3.63, 3.8) is 0 Å². The third kappa shape index (κ3) is 6.82. The Balaban J connectivity index is 1.03. The van der Waals surface area contributed by atoms with Gasteiger partial charge in [-0.3, -0.25) is 24.4 Å². The van der Waals surface area contributed by atoms with Crippen molar-refractivity contribution in [1.29, 1.82) is 5.26 Å². The lowest BCUT2D eigenvalue weighted by molar-refractivity contribution is -0.129. The number of nitrogens with zero attached hydrogens (tertiary/aromatic N) is 7. The van der Waals surface area contributed by atoms with Crippen LogP contribution >= 0.6 is 11.3 Å². The van der Waals surface area contributed by atoms with E-state index in [0.29, 0.717) is 23.5 Å². The number of aromatic nitrogens is 3. The molecule has 5 heterocycles. The van der Waals surface area contributed by atoms with Gasteiger partial charge < -0.3 is 18.9 Å². The first-order chi connectivity index (χ1) is 25.3. The van der Waals surface area contributed by atoms with Crippen LogP contribution in [-0.2, 0) is 31.4 Å². The van der Waals surface area contributed by atoms with Crippen molar-refractivity contribution < 1.29 is 14.3 Å². The summed E-state index contributed by atoms with van der Waals surface area (Å²) in [5, 5.41) is 13.6. The SMILES string of the molecule is COc1cc(-c2cn(C)c(=O)c3cnccc23)cc(OC)c1CN1CCN(Cc2cccc3c2CCN(C(=O)/C(C#N)=C/c2nccs2)[C@@H]3C)CC1. The van der Waals surface area contributed by atoms with E-state index in [9.17, 15) is 14.9 Å². The number of rotatable bonds is 9. The molecule has 1 fully saturated rings. The minimum Gasteiger partial charge on any atom is -0.496 e. The Labute approximate surface area is 307 Å². The number of carbonyl (C=O) groups excluding carboxylic acids is 1. The molecule has 1 atom stereocenters. The molecule has 1 saturated heterocycles. The molecule has 11 nitrogen and oxygen atoms in total. The summed E-state index contributed by atoms with van der Waals surface area (Å²) in [5.41, 5.74) is 6.57. The minimum absolute atomic E-state index is 0.0896. The van der Waals surface area contributed by atoms with Crippen LogP contribution in [0.1, 0.15) is 40.2 Å². The van der Waals surface area contributed by atoms with Gasteiger partial charge in [-0.2, -0.15) is 5.26 Å². The fourth-order valence-corrected chi connectivity index (χ4v) is 8.07. The van der Waals surface area contributed by atoms with Crippen LogP contribution in [0.15, 0.2) is 76.9 Å². The van der Waals surface area contributed by atoms with E-state index in [1.165, 1.54) is 22.5 Å². The first kappa shape index (κ1) is 35.1. The summed E-state index contributed by atoms with van der Waals surface area (Å²) in [6.07, 6.45) is 9.17. The second-order valence-electron chi connectivity index (χ2n) is 13.2. The van der Waals surface area contributed by atoms with Crippen molar-refractivity contribution >= 4 is 34.1 Å². The number of hydrogen-bond donors (Lipinski definition) is 0. The zero-order valence-electron chi connectivity index (χ0n) is 29.8. The minimum atomic E-state index is -0.252. The lowest BCUT2D eigenvalue weighted by atomic mass is 9.89. The van der Waals surface area contributed by atoms with E-state index < -0.39 is 0 Å². The summed E-state index contributed by atoms with van der Waals surface area (Å²) in [6.45, 7) is 7.75. The van der Waals surface area contributed by atoms with Gasteiger partial charge in [-0.1, -0.05) is 18.2 Å². The normalized spacial score (nSPS) is 16.8. The number of pyridine rings is 2. The summed E-state index contributed by atoms with van der Waals surface area (Å²) in [6, 6.07) is 14.3. The van der Waals surface area contributed by atoms with E-state index in [0.717, 1.165) is 78.3 Å². The predicted octanol–water partition coefficient (Wildman–Crippen LogP) is 5.44. The monoisotopic (exact) mass is 715 g/mol. The average molecular weight is 716 g/mol. The van der Waals surface area contributed by atoms with E-state index in [-0.39, 0.29) is 23.1 Å². The quantitative estimate of drug-likeness (QED) is 0.145. The van der Waals surface area contributed by atoms with Gasteiger partial charge in [0.25, 0.3) is 11.5 Å². The Kier molecular flexibility index (Phi) is 10.2. The van der Waals surface area contributed by atoms with Crippen LogP contribution in [0.4, 0.5) is 0 Å². The second kappa shape index (κ2) is 15.1. The fourth-order valence-electron chi connectivity index (χ4n) is 7.50. The van der Waals surface area contributed by atoms with Crippen molar-refractivity contribution in [2.24, 2.45) is 7.05 Å². The molecule has 12 heteroatoms. The maximum Gasteiger partial charge on any atom is 0.265 e. The number of benzene rings is 2. The molecule has 52 heavy (non-hydrogen) atoms. The summed E-state index contributed by atoms with van der Waals surface area (Å²) in [4.78, 5) is 41.3. The van der Waals surface area contributed by atoms with Crippen molar-refractivity contribution in [3.05, 3.63) is 110 Å². The number of piperazine rings is 1. The van der Waals surface area contributed by atoms with Crippen molar-refractivity contribution in [3.8, 4) is 28.7 Å². The second-order valence-corrected chi connectivity index (χ2v) is 14.2. The number of carbonyl (C=O) groups is 1. The molecular formula is C40H41N7O4S. The molecule has 2 aliphatic rings. The Hall–Kier alpha value is -5.35. The topological polar surface area (TPSA) is 117 Å². The molecule has 2 aliphatic heterocycles. The molecule has 0 bridgehead atoms. The zero-order chi connectivity index (χ0) is 36.4. The van der Waals surface area contributed by atoms with Crippen LogP contribution in [0.25, 0.3) is 28.0 Å². The number of ether oxygens (including phenoxy) is 2. The van der Waals surface area contributed by atoms with Crippen LogP contribution in [0.5, 0.6) is 11.5 Å². The van der Waals surface area contributed by atoms with Crippen LogP contribution in [0, 0.1) is 11.3 Å². The highest BCUT2D eigenvalue weighted by Gasteiger charge is 2.31. The predicted molar refractivity (Wildman–Crippen MR) is 202 cm³/mol. The molecule has 2 aromatic carbocycles. The summed E-state index contributed by atoms with van der Waals surface area (Å²) in [5.74, 6) is 1.23. The van der Waals surface area contributed by atoms with Crippen LogP contribution in [0.3, 0.4) is 0 Å². The number of hydrogen-bond acceptors (Lipinski definition) is 10. The summed E-state index contributed by atoms with van der Waals surface area (Å²) in [7, 11) is 5.11. The Morgan fingerprint density at radius 3 is 2.42 bits per heavy atom. The molecule has 0 saturated carbocycles. The Morgan fingerprint density at radius 1 is 1.02 bits per heavy atom. The van der Waals surface area contributed by atoms with Gasteiger partial charge in [0.05, 0.1) is 31.2 Å². The number of amides is 1. The van der Waals surface area contributed by atoms with Gasteiger partial charge in [0.2, 0.25) is 0 Å². The van der Waals surface area contributed by atoms with E-state index in [4.69, 9.17) is 9.47 Å². The lowest BCUT2D eigenvalue weighted by Gasteiger charge is -2.38. The smallest absolute Gasteiger partial charge is 0.265 e. The highest BCUT2D eigenvalue weighted by atomic mass is 32.1. The molecule has 0 radical (unpaired) electrons. The van der Waals surface area contributed by atoms with Gasteiger partial charge in [0, 0.05) is 88.6 Å². The molecule has 0 spiro atoms. The highest BCUT2D eigenvalue weighted by molar-refractivity contribution is 7.10. The molecular weight excluding hydrogens is 675 g/mol. The van der Waals surface area contributed by atoms with E-state index in [1.54, 1.807) is 50.5 Å². The van der Waals surface area contributed by atoms with E-state index >= 15 is 0 Å². The number of methoxy groups -OCH3 is 2. The van der Waals surface area contributed by atoms with Gasteiger partial charge in [0.1, 0.15) is 28.1 Å². The van der Waals surface area contributed by atoms with E-state index in [2.05, 4.69) is 44.0 Å². The van der Waals surface area contributed by atoms with Gasteiger partial charge in [-0.05, 0) is 65.3 Å². The van der Waals surface area contributed by atoms with Crippen LogP contribution in [0.2, 0.25) is 0 Å². The third-order valence-electron chi connectivity index (χ3n) is 10.3. The molecule has 7 rings (SSSR count). The number of thiazole rings is 1. The van der Waals surface area contributed by atoms with Crippen molar-refractivity contribution in [1.82, 2.24) is 29.2 Å². The van der Waals surface area contributed by atoms with Gasteiger partial charge in [0.15, 0.2) is 0 Å². The lowest BCUT2D eigenvalue weighted by Crippen LogP contribution is -2.45. The highest BCUT2D eigenvalue weighted by Crippen LogP contribution is 2.38. The molecule has 5 aromatic rings. The largest absolute Gasteiger partial charge is 0.496 e. The zero-order valence-corrected chi connectivity index (χ0v) is 30.7. The fraction of sp³-hybridized carbons (Fsp3) is 0.325. The summed E-state index contributed by atoms with van der Waals surface area (Å²) >= 11 is 1.40. The molecule has 266 valence electrons. The summed E-state index contributed by atoms with van der Waals surface area (Å²) < 4.78 is 13.5. The first-order valence-corrected chi connectivity index (χ1v) is 18.2. The van der Waals surface area contributed by atoms with Crippen LogP contribution < -0.4 is 15.0 Å². The maximum absolute atomic E-state index is 13.4. The van der Waals surface area contributed by atoms with Gasteiger partial charge >= 0.3 is 0 Å². The van der Waals surface area contributed by atoms with Crippen molar-refractivity contribution in [2.45, 2.75) is 32.5 Å².